The van der Waals surface area contributed by atoms with E-state index in [4.69, 9.17) is 0 Å². The first kappa shape index (κ1) is 18.7. The Morgan fingerprint density at radius 3 is 2.44 bits per heavy atom. The first-order valence-electron chi connectivity index (χ1n) is 8.27. The number of rotatable bonds is 3. The fourth-order valence-electron chi connectivity index (χ4n) is 2.66. The van der Waals surface area contributed by atoms with E-state index in [2.05, 4.69) is 10.1 Å². The summed E-state index contributed by atoms with van der Waals surface area (Å²) in [7, 11) is 0. The third-order valence-corrected chi connectivity index (χ3v) is 4.38. The quantitative estimate of drug-likeness (QED) is 0.655. The van der Waals surface area contributed by atoms with Crippen LogP contribution in [0.2, 0.25) is 0 Å². The lowest BCUT2D eigenvalue weighted by Crippen LogP contribution is -2.17. The maximum absolute atomic E-state index is 12.8. The molecular formula is C20H18F3N3O. The highest BCUT2D eigenvalue weighted by Gasteiger charge is 2.30. The predicted molar refractivity (Wildman–Crippen MR) is 99.3 cm³/mol. The Bertz CT molecular complexity index is 1070. The van der Waals surface area contributed by atoms with Crippen molar-refractivity contribution < 1.29 is 13.2 Å². The zero-order valence-electron chi connectivity index (χ0n) is 15.1. The third-order valence-electron chi connectivity index (χ3n) is 4.38. The molecule has 3 rings (SSSR count). The molecule has 2 aromatic carbocycles. The van der Waals surface area contributed by atoms with E-state index in [-0.39, 0.29) is 11.2 Å². The van der Waals surface area contributed by atoms with Gasteiger partial charge >= 0.3 is 6.18 Å². The predicted octanol–water partition coefficient (Wildman–Crippen LogP) is 4.86. The van der Waals surface area contributed by atoms with Gasteiger partial charge in [-0.25, -0.2) is 4.68 Å². The molecule has 1 N–H and O–H groups in total. The van der Waals surface area contributed by atoms with E-state index in [9.17, 15) is 18.0 Å². The standard InChI is InChI=1S/C20H18F3N3O/c1-12-7-8-17(9-13(12)2)26-19(27)18(14(3)25-26)11-24-16-6-4-5-15(10-16)20(21,22)23/h4-11,25H,1-3H3. The molecule has 4 nitrogen and oxygen atoms in total. The molecule has 0 spiro atoms. The average Bonchev–Trinajstić information content (AvgIpc) is 2.89. The number of aryl methyl sites for hydroxylation is 3. The van der Waals surface area contributed by atoms with E-state index in [0.29, 0.717) is 16.9 Å². The minimum Gasteiger partial charge on any atom is -0.295 e. The SMILES string of the molecule is Cc1ccc(-n2[nH]c(C)c(C=Nc3cccc(C(F)(F)F)c3)c2=O)cc1C. The number of aromatic amines is 1. The van der Waals surface area contributed by atoms with E-state index >= 15 is 0 Å². The second kappa shape index (κ2) is 6.90. The molecule has 140 valence electrons. The maximum atomic E-state index is 12.8. The Morgan fingerprint density at radius 2 is 1.78 bits per heavy atom. The summed E-state index contributed by atoms with van der Waals surface area (Å²) in [5, 5.41) is 2.98. The molecule has 0 aliphatic rings. The van der Waals surface area contributed by atoms with Crippen molar-refractivity contribution in [3.05, 3.63) is 80.8 Å². The zero-order chi connectivity index (χ0) is 19.8. The molecule has 0 fully saturated rings. The molecule has 0 amide bonds. The van der Waals surface area contributed by atoms with E-state index in [1.165, 1.54) is 23.0 Å². The first-order valence-corrected chi connectivity index (χ1v) is 8.27. The molecule has 0 atom stereocenters. The van der Waals surface area contributed by atoms with Gasteiger partial charge in [-0.3, -0.25) is 14.9 Å². The number of hydrogen-bond donors (Lipinski definition) is 1. The molecule has 0 radical (unpaired) electrons. The molecule has 27 heavy (non-hydrogen) atoms. The number of hydrogen-bond acceptors (Lipinski definition) is 2. The number of aliphatic imine (C=N–C) groups is 1. The van der Waals surface area contributed by atoms with Crippen LogP contribution in [0.15, 0.2) is 52.3 Å². The average molecular weight is 373 g/mol. The van der Waals surface area contributed by atoms with Crippen molar-refractivity contribution in [2.45, 2.75) is 26.9 Å². The number of H-pyrrole nitrogens is 1. The second-order valence-electron chi connectivity index (χ2n) is 6.37. The van der Waals surface area contributed by atoms with Crippen LogP contribution in [0, 0.1) is 20.8 Å². The molecule has 1 heterocycles. The fourth-order valence-corrected chi connectivity index (χ4v) is 2.66. The van der Waals surface area contributed by atoms with Gasteiger partial charge in [0, 0.05) is 11.9 Å². The van der Waals surface area contributed by atoms with Crippen molar-refractivity contribution in [1.82, 2.24) is 9.78 Å². The lowest BCUT2D eigenvalue weighted by Gasteiger charge is -2.06. The monoisotopic (exact) mass is 373 g/mol. The van der Waals surface area contributed by atoms with Crippen LogP contribution >= 0.6 is 0 Å². The molecule has 1 aromatic heterocycles. The highest BCUT2D eigenvalue weighted by atomic mass is 19.4. The maximum Gasteiger partial charge on any atom is 0.416 e. The molecular weight excluding hydrogens is 355 g/mol. The Balaban J connectivity index is 1.97. The first-order chi connectivity index (χ1) is 12.7. The van der Waals surface area contributed by atoms with Gasteiger partial charge in [-0.2, -0.15) is 13.2 Å². The van der Waals surface area contributed by atoms with Gasteiger partial charge in [0.25, 0.3) is 5.56 Å². The van der Waals surface area contributed by atoms with Gasteiger partial charge in [-0.15, -0.1) is 0 Å². The molecule has 3 aromatic rings. The summed E-state index contributed by atoms with van der Waals surface area (Å²) < 4.78 is 39.8. The molecule has 0 saturated carbocycles. The van der Waals surface area contributed by atoms with Gasteiger partial charge < -0.3 is 0 Å². The lowest BCUT2D eigenvalue weighted by atomic mass is 10.1. The van der Waals surface area contributed by atoms with E-state index < -0.39 is 11.7 Å². The number of benzene rings is 2. The van der Waals surface area contributed by atoms with Crippen LogP contribution in [-0.4, -0.2) is 16.0 Å². The van der Waals surface area contributed by atoms with Gasteiger partial charge in [0.1, 0.15) is 0 Å². The largest absolute Gasteiger partial charge is 0.416 e. The van der Waals surface area contributed by atoms with Crippen molar-refractivity contribution in [2.75, 3.05) is 0 Å². The Labute approximate surface area is 154 Å². The van der Waals surface area contributed by atoms with Crippen LogP contribution in [0.25, 0.3) is 5.69 Å². The van der Waals surface area contributed by atoms with Crippen LogP contribution in [0.1, 0.15) is 27.9 Å². The van der Waals surface area contributed by atoms with Crippen molar-refractivity contribution >= 4 is 11.9 Å². The van der Waals surface area contributed by atoms with Crippen LogP contribution in [0.4, 0.5) is 18.9 Å². The summed E-state index contributed by atoms with van der Waals surface area (Å²) >= 11 is 0. The summed E-state index contributed by atoms with van der Waals surface area (Å²) in [4.78, 5) is 16.7. The van der Waals surface area contributed by atoms with Crippen LogP contribution in [0.5, 0.6) is 0 Å². The van der Waals surface area contributed by atoms with Gasteiger partial charge in [0.05, 0.1) is 22.5 Å². The number of nitrogens with zero attached hydrogens (tertiary/aromatic N) is 2. The van der Waals surface area contributed by atoms with E-state index in [1.54, 1.807) is 6.92 Å². The third kappa shape index (κ3) is 3.86. The highest BCUT2D eigenvalue weighted by Crippen LogP contribution is 2.31. The Kier molecular flexibility index (Phi) is 4.78. The lowest BCUT2D eigenvalue weighted by molar-refractivity contribution is -0.137. The Hall–Kier alpha value is -3.09. The summed E-state index contributed by atoms with van der Waals surface area (Å²) in [5.74, 6) is 0. The molecule has 0 aliphatic heterocycles. The van der Waals surface area contributed by atoms with Crippen molar-refractivity contribution in [1.29, 1.82) is 0 Å². The van der Waals surface area contributed by atoms with Gasteiger partial charge in [0.2, 0.25) is 0 Å². The van der Waals surface area contributed by atoms with Crippen LogP contribution in [-0.2, 0) is 6.18 Å². The van der Waals surface area contributed by atoms with Crippen LogP contribution in [0.3, 0.4) is 0 Å². The normalized spacial score (nSPS) is 12.1. The summed E-state index contributed by atoms with van der Waals surface area (Å²) in [6.45, 7) is 5.65. The van der Waals surface area contributed by atoms with Crippen molar-refractivity contribution in [3.8, 4) is 5.69 Å². The smallest absolute Gasteiger partial charge is 0.295 e. The molecule has 7 heteroatoms. The number of aromatic nitrogens is 2. The summed E-state index contributed by atoms with van der Waals surface area (Å²) in [6.07, 6.45) is -3.15. The topological polar surface area (TPSA) is 50.1 Å². The van der Waals surface area contributed by atoms with E-state index in [0.717, 1.165) is 23.3 Å². The summed E-state index contributed by atoms with van der Waals surface area (Å²) in [5.41, 5.74) is 2.75. The number of nitrogens with one attached hydrogen (secondary N) is 1. The highest BCUT2D eigenvalue weighted by molar-refractivity contribution is 5.83. The summed E-state index contributed by atoms with van der Waals surface area (Å²) in [6, 6.07) is 10.3. The van der Waals surface area contributed by atoms with Crippen molar-refractivity contribution in [3.63, 3.8) is 0 Å². The molecule has 0 saturated heterocycles. The number of alkyl halides is 3. The van der Waals surface area contributed by atoms with Gasteiger partial charge in [0.15, 0.2) is 0 Å². The minimum atomic E-state index is -4.44. The van der Waals surface area contributed by atoms with Crippen molar-refractivity contribution in [2.24, 2.45) is 4.99 Å². The zero-order valence-corrected chi connectivity index (χ0v) is 15.1. The van der Waals surface area contributed by atoms with Crippen LogP contribution < -0.4 is 5.56 Å². The minimum absolute atomic E-state index is 0.127. The van der Waals surface area contributed by atoms with Gasteiger partial charge in [-0.05, 0) is 62.2 Å². The molecule has 0 bridgehead atoms. The number of halogens is 3. The van der Waals surface area contributed by atoms with Gasteiger partial charge in [-0.1, -0.05) is 12.1 Å². The fraction of sp³-hybridized carbons (Fsp3) is 0.200. The second-order valence-corrected chi connectivity index (χ2v) is 6.37. The van der Waals surface area contributed by atoms with E-state index in [1.807, 2.05) is 32.0 Å². The Morgan fingerprint density at radius 1 is 1.04 bits per heavy atom. The molecule has 0 unspecified atom stereocenters. The molecule has 0 aliphatic carbocycles.